The molecule has 0 aromatic heterocycles. The first-order chi connectivity index (χ1) is 7.13. The number of methoxy groups -OCH3 is 2. The zero-order valence-electron chi connectivity index (χ0n) is 9.08. The number of hydrogen-bond acceptors (Lipinski definition) is 3. The molecule has 15 heavy (non-hydrogen) atoms. The second kappa shape index (κ2) is 4.98. The van der Waals surface area contributed by atoms with Crippen LogP contribution >= 0.6 is 0 Å². The third-order valence-corrected chi connectivity index (χ3v) is 2.28. The summed E-state index contributed by atoms with van der Waals surface area (Å²) in [7, 11) is 2.92. The van der Waals surface area contributed by atoms with Gasteiger partial charge in [-0.05, 0) is 0 Å². The van der Waals surface area contributed by atoms with Gasteiger partial charge in [0.2, 0.25) is 0 Å². The number of ether oxygens (including phenoxy) is 2. The summed E-state index contributed by atoms with van der Waals surface area (Å²) in [5.74, 6) is 0.217. The van der Waals surface area contributed by atoms with E-state index in [1.807, 2.05) is 6.92 Å². The van der Waals surface area contributed by atoms with Crippen LogP contribution in [-0.2, 0) is 0 Å². The van der Waals surface area contributed by atoms with Crippen molar-refractivity contribution < 1.29 is 19.0 Å². The van der Waals surface area contributed by atoms with E-state index < -0.39 is 5.82 Å². The third kappa shape index (κ3) is 2.39. The molecule has 1 N–H and O–H groups in total. The second-order valence-electron chi connectivity index (χ2n) is 3.31. The van der Waals surface area contributed by atoms with Crippen molar-refractivity contribution in [1.29, 1.82) is 0 Å². The fraction of sp³-hybridized carbons (Fsp3) is 0.455. The molecule has 0 amide bonds. The van der Waals surface area contributed by atoms with Crippen LogP contribution in [0, 0.1) is 5.82 Å². The summed E-state index contributed by atoms with van der Waals surface area (Å²) in [5, 5.41) is 9.09. The van der Waals surface area contributed by atoms with Crippen LogP contribution in [-0.4, -0.2) is 25.9 Å². The highest BCUT2D eigenvalue weighted by atomic mass is 19.1. The molecule has 0 spiro atoms. The van der Waals surface area contributed by atoms with E-state index in [0.29, 0.717) is 17.1 Å². The van der Waals surface area contributed by atoms with E-state index in [9.17, 15) is 4.39 Å². The van der Waals surface area contributed by atoms with Gasteiger partial charge in [-0.25, -0.2) is 4.39 Å². The molecule has 1 aromatic rings. The van der Waals surface area contributed by atoms with Crippen LogP contribution in [0.2, 0.25) is 0 Å². The van der Waals surface area contributed by atoms with Crippen LogP contribution in [0.15, 0.2) is 12.1 Å². The van der Waals surface area contributed by atoms with Crippen LogP contribution < -0.4 is 9.47 Å². The number of hydrogen-bond donors (Lipinski definition) is 1. The van der Waals surface area contributed by atoms with Crippen LogP contribution in [0.5, 0.6) is 11.5 Å². The van der Waals surface area contributed by atoms with Gasteiger partial charge in [0.15, 0.2) is 0 Å². The number of halogens is 1. The van der Waals surface area contributed by atoms with Crippen molar-refractivity contribution in [2.45, 2.75) is 12.8 Å². The Kier molecular flexibility index (Phi) is 3.91. The van der Waals surface area contributed by atoms with E-state index >= 15 is 0 Å². The molecule has 0 aliphatic heterocycles. The molecule has 4 heteroatoms. The monoisotopic (exact) mass is 214 g/mol. The second-order valence-corrected chi connectivity index (χ2v) is 3.31. The Morgan fingerprint density at radius 1 is 1.27 bits per heavy atom. The highest BCUT2D eigenvalue weighted by molar-refractivity contribution is 5.47. The molecular weight excluding hydrogens is 199 g/mol. The Labute approximate surface area is 88.4 Å². The summed E-state index contributed by atoms with van der Waals surface area (Å²) >= 11 is 0. The number of aliphatic hydroxyl groups is 1. The number of rotatable bonds is 4. The first kappa shape index (κ1) is 11.8. The predicted octanol–water partition coefficient (Wildman–Crippen LogP) is 1.94. The third-order valence-electron chi connectivity index (χ3n) is 2.28. The Balaban J connectivity index is 3.30. The molecule has 0 bridgehead atoms. The van der Waals surface area contributed by atoms with Crippen molar-refractivity contribution in [2.75, 3.05) is 20.8 Å². The molecule has 0 fully saturated rings. The summed E-state index contributed by atoms with van der Waals surface area (Å²) < 4.78 is 23.2. The quantitative estimate of drug-likeness (QED) is 0.832. The Morgan fingerprint density at radius 3 is 2.07 bits per heavy atom. The van der Waals surface area contributed by atoms with Crippen molar-refractivity contribution in [3.63, 3.8) is 0 Å². The van der Waals surface area contributed by atoms with Gasteiger partial charge in [0.1, 0.15) is 17.3 Å². The largest absolute Gasteiger partial charge is 0.496 e. The Morgan fingerprint density at radius 2 is 1.73 bits per heavy atom. The van der Waals surface area contributed by atoms with Crippen LogP contribution in [0.4, 0.5) is 4.39 Å². The summed E-state index contributed by atoms with van der Waals surface area (Å²) in [5.41, 5.74) is 0.684. The van der Waals surface area contributed by atoms with Gasteiger partial charge in [0, 0.05) is 30.2 Å². The Hall–Kier alpha value is -1.29. The maximum absolute atomic E-state index is 13.1. The van der Waals surface area contributed by atoms with Gasteiger partial charge < -0.3 is 14.6 Å². The molecule has 1 atom stereocenters. The number of aliphatic hydroxyl groups excluding tert-OH is 1. The van der Waals surface area contributed by atoms with Crippen molar-refractivity contribution >= 4 is 0 Å². The number of benzene rings is 1. The molecule has 1 aromatic carbocycles. The van der Waals surface area contributed by atoms with Gasteiger partial charge in [-0.15, -0.1) is 0 Å². The normalized spacial score (nSPS) is 12.3. The SMILES string of the molecule is COc1cc(F)cc(OC)c1C(C)CO. The zero-order valence-corrected chi connectivity index (χ0v) is 9.08. The molecule has 3 nitrogen and oxygen atoms in total. The Bertz CT molecular complexity index is 314. The van der Waals surface area contributed by atoms with Gasteiger partial charge >= 0.3 is 0 Å². The topological polar surface area (TPSA) is 38.7 Å². The first-order valence-electron chi connectivity index (χ1n) is 4.66. The lowest BCUT2D eigenvalue weighted by Crippen LogP contribution is -2.05. The average molecular weight is 214 g/mol. The summed E-state index contributed by atoms with van der Waals surface area (Å²) in [6.45, 7) is 1.77. The molecular formula is C11H15FO3. The maximum Gasteiger partial charge on any atom is 0.130 e. The standard InChI is InChI=1S/C11H15FO3/c1-7(6-13)11-9(14-2)4-8(12)5-10(11)15-3/h4-5,7,13H,6H2,1-3H3. The van der Waals surface area contributed by atoms with Crippen LogP contribution in [0.1, 0.15) is 18.4 Å². The van der Waals surface area contributed by atoms with E-state index in [-0.39, 0.29) is 12.5 Å². The van der Waals surface area contributed by atoms with Crippen molar-refractivity contribution in [2.24, 2.45) is 0 Å². The van der Waals surface area contributed by atoms with Crippen molar-refractivity contribution in [3.8, 4) is 11.5 Å². The lowest BCUT2D eigenvalue weighted by molar-refractivity contribution is 0.265. The first-order valence-corrected chi connectivity index (χ1v) is 4.66. The van der Waals surface area contributed by atoms with Gasteiger partial charge in [0.25, 0.3) is 0 Å². The molecule has 0 saturated heterocycles. The van der Waals surface area contributed by atoms with Crippen LogP contribution in [0.25, 0.3) is 0 Å². The van der Waals surface area contributed by atoms with Gasteiger partial charge in [-0.1, -0.05) is 6.92 Å². The lowest BCUT2D eigenvalue weighted by Gasteiger charge is -2.17. The molecule has 0 heterocycles. The summed E-state index contributed by atoms with van der Waals surface area (Å²) in [4.78, 5) is 0. The molecule has 1 rings (SSSR count). The van der Waals surface area contributed by atoms with E-state index in [1.54, 1.807) is 0 Å². The summed E-state index contributed by atoms with van der Waals surface area (Å²) in [6.07, 6.45) is 0. The van der Waals surface area contributed by atoms with Gasteiger partial charge in [0.05, 0.1) is 14.2 Å². The van der Waals surface area contributed by atoms with Crippen molar-refractivity contribution in [1.82, 2.24) is 0 Å². The van der Waals surface area contributed by atoms with Crippen molar-refractivity contribution in [3.05, 3.63) is 23.5 Å². The molecule has 0 saturated carbocycles. The predicted molar refractivity (Wildman–Crippen MR) is 55.0 cm³/mol. The minimum Gasteiger partial charge on any atom is -0.496 e. The molecule has 0 aliphatic carbocycles. The highest BCUT2D eigenvalue weighted by Crippen LogP contribution is 2.35. The average Bonchev–Trinajstić information content (AvgIpc) is 2.26. The maximum atomic E-state index is 13.1. The lowest BCUT2D eigenvalue weighted by atomic mass is 9.99. The van der Waals surface area contributed by atoms with E-state index in [4.69, 9.17) is 14.6 Å². The molecule has 0 aliphatic rings. The smallest absolute Gasteiger partial charge is 0.130 e. The minimum atomic E-state index is -0.419. The zero-order chi connectivity index (χ0) is 11.4. The minimum absolute atomic E-state index is 0.0433. The van der Waals surface area contributed by atoms with Crippen LogP contribution in [0.3, 0.4) is 0 Å². The highest BCUT2D eigenvalue weighted by Gasteiger charge is 2.18. The fourth-order valence-corrected chi connectivity index (χ4v) is 1.48. The molecule has 0 radical (unpaired) electrons. The molecule has 1 unspecified atom stereocenters. The van der Waals surface area contributed by atoms with Gasteiger partial charge in [-0.2, -0.15) is 0 Å². The fourth-order valence-electron chi connectivity index (χ4n) is 1.48. The van der Waals surface area contributed by atoms with E-state index in [2.05, 4.69) is 0 Å². The van der Waals surface area contributed by atoms with E-state index in [1.165, 1.54) is 26.4 Å². The van der Waals surface area contributed by atoms with E-state index in [0.717, 1.165) is 0 Å². The van der Waals surface area contributed by atoms with Gasteiger partial charge in [-0.3, -0.25) is 0 Å². The summed E-state index contributed by atoms with van der Waals surface area (Å²) in [6, 6.07) is 2.56. The molecule has 84 valence electrons.